The molecule has 4 aromatic rings. The molecule has 0 spiro atoms. The van der Waals surface area contributed by atoms with Crippen LogP contribution in [0.15, 0.2) is 120 Å². The van der Waals surface area contributed by atoms with Crippen LogP contribution in [0.2, 0.25) is 0 Å². The van der Waals surface area contributed by atoms with Gasteiger partial charge in [-0.3, -0.25) is 9.59 Å². The molecule has 2 atom stereocenters. The number of anilines is 1. The monoisotopic (exact) mass is 596 g/mol. The van der Waals surface area contributed by atoms with Crippen LogP contribution >= 0.6 is 0 Å². The molecule has 8 heteroatoms. The first-order valence-electron chi connectivity index (χ1n) is 14.8. The summed E-state index contributed by atoms with van der Waals surface area (Å²) < 4.78 is 11.7. The summed E-state index contributed by atoms with van der Waals surface area (Å²) in [5.41, 5.74) is 5.76. The zero-order valence-corrected chi connectivity index (χ0v) is 25.0. The van der Waals surface area contributed by atoms with E-state index in [9.17, 15) is 9.59 Å². The lowest BCUT2D eigenvalue weighted by atomic mass is 9.71. The molecule has 1 aromatic heterocycles. The molecule has 0 bridgehead atoms. The highest BCUT2D eigenvalue weighted by molar-refractivity contribution is 6.09. The number of rotatable bonds is 8. The van der Waals surface area contributed by atoms with Crippen molar-refractivity contribution in [3.05, 3.63) is 142 Å². The van der Waals surface area contributed by atoms with E-state index < -0.39 is 5.92 Å². The van der Waals surface area contributed by atoms with E-state index in [0.717, 1.165) is 22.4 Å². The van der Waals surface area contributed by atoms with Gasteiger partial charge in [0.1, 0.15) is 23.9 Å². The number of ether oxygens (including phenoxy) is 2. The van der Waals surface area contributed by atoms with Crippen molar-refractivity contribution in [2.75, 3.05) is 12.4 Å². The van der Waals surface area contributed by atoms with Gasteiger partial charge in [0.15, 0.2) is 5.78 Å². The minimum absolute atomic E-state index is 0.00411. The third-order valence-electron chi connectivity index (χ3n) is 8.27. The summed E-state index contributed by atoms with van der Waals surface area (Å²) in [6, 6.07) is 30.1. The van der Waals surface area contributed by atoms with Crippen molar-refractivity contribution in [2.24, 2.45) is 0 Å². The average molecular weight is 597 g/mol. The maximum Gasteiger partial charge on any atom is 0.255 e. The Morgan fingerprint density at radius 3 is 2.49 bits per heavy atom. The number of Topliss-reactive ketones (excluding diaryl/α,β-unsaturated/α-hetero) is 1. The van der Waals surface area contributed by atoms with E-state index >= 15 is 0 Å². The Hall–Kier alpha value is -5.68. The Labute approximate surface area is 262 Å². The molecule has 2 heterocycles. The minimum atomic E-state index is -0.617. The van der Waals surface area contributed by atoms with Gasteiger partial charge < -0.3 is 20.1 Å². The highest BCUT2D eigenvalue weighted by atomic mass is 16.5. The Morgan fingerprint density at radius 1 is 1.00 bits per heavy atom. The third-order valence-corrected chi connectivity index (χ3v) is 8.27. The van der Waals surface area contributed by atoms with Gasteiger partial charge in [-0.15, -0.1) is 0 Å². The Morgan fingerprint density at radius 2 is 1.78 bits per heavy atom. The number of aromatic nitrogens is 1. The predicted octanol–water partition coefficient (Wildman–Crippen LogP) is 6.54. The van der Waals surface area contributed by atoms with Crippen molar-refractivity contribution < 1.29 is 19.1 Å². The van der Waals surface area contributed by atoms with Crippen molar-refractivity contribution in [3.63, 3.8) is 0 Å². The van der Waals surface area contributed by atoms with Crippen LogP contribution in [0.4, 0.5) is 5.82 Å². The van der Waals surface area contributed by atoms with Crippen LogP contribution in [0.3, 0.4) is 0 Å². The molecule has 0 saturated heterocycles. The quantitative estimate of drug-likeness (QED) is 0.237. The molecular formula is C37H32N4O4. The lowest BCUT2D eigenvalue weighted by Gasteiger charge is -2.37. The van der Waals surface area contributed by atoms with Crippen molar-refractivity contribution >= 4 is 17.5 Å². The van der Waals surface area contributed by atoms with Crippen LogP contribution in [0.5, 0.6) is 11.5 Å². The second-order valence-electron chi connectivity index (χ2n) is 11.1. The summed E-state index contributed by atoms with van der Waals surface area (Å²) in [5, 5.41) is 15.5. The Balaban J connectivity index is 1.40. The molecule has 0 fully saturated rings. The molecule has 8 nitrogen and oxygen atoms in total. The summed E-state index contributed by atoms with van der Waals surface area (Å²) in [6.45, 7) is 2.06. The maximum absolute atomic E-state index is 14.1. The summed E-state index contributed by atoms with van der Waals surface area (Å²) in [7, 11) is 1.59. The van der Waals surface area contributed by atoms with E-state index in [2.05, 4.69) is 33.8 Å². The highest BCUT2D eigenvalue weighted by Crippen LogP contribution is 2.46. The second-order valence-corrected chi connectivity index (χ2v) is 11.1. The van der Waals surface area contributed by atoms with Gasteiger partial charge in [-0.1, -0.05) is 42.5 Å². The van der Waals surface area contributed by atoms with Gasteiger partial charge in [0, 0.05) is 46.6 Å². The summed E-state index contributed by atoms with van der Waals surface area (Å²) in [4.78, 5) is 32.3. The number of carbonyl (C=O) groups excluding carboxylic acids is 2. The molecule has 0 radical (unpaired) electrons. The number of hydrogen-bond donors (Lipinski definition) is 2. The second kappa shape index (κ2) is 12.9. The fourth-order valence-electron chi connectivity index (χ4n) is 6.13. The number of nitrogens with zero attached hydrogens (tertiary/aromatic N) is 2. The molecule has 1 aliphatic heterocycles. The average Bonchev–Trinajstić information content (AvgIpc) is 3.07. The minimum Gasteiger partial charge on any atom is -0.496 e. The zero-order valence-electron chi connectivity index (χ0n) is 25.0. The number of nitrogens with one attached hydrogen (secondary N) is 2. The van der Waals surface area contributed by atoms with E-state index in [1.807, 2.05) is 43.3 Å². The third kappa shape index (κ3) is 6.20. The van der Waals surface area contributed by atoms with Gasteiger partial charge in [-0.05, 0) is 78.9 Å². The molecule has 1 amide bonds. The zero-order chi connectivity index (χ0) is 31.3. The standard InChI is InChI=1S/C37H32N4O4/c1-23-34(37(43)41-33-10-6-7-17-39-33)35(36-30(40-23)19-27(20-31(36)42)25-8-4-3-5-9-25)26-13-16-32(44-2)28(18-26)22-45-29-14-11-24(21-38)12-15-29/h3-18,27,35,40H,19-20,22H2,1-2H3,(H,39,41,43)/t27-,35+/m0/s1. The van der Waals surface area contributed by atoms with E-state index in [1.165, 1.54) is 0 Å². The largest absolute Gasteiger partial charge is 0.496 e. The highest BCUT2D eigenvalue weighted by Gasteiger charge is 2.41. The lowest BCUT2D eigenvalue weighted by Crippen LogP contribution is -2.37. The molecule has 6 rings (SSSR count). The molecule has 2 N–H and O–H groups in total. The molecule has 2 aliphatic rings. The summed E-state index contributed by atoms with van der Waals surface area (Å²) in [6.07, 6.45) is 2.62. The van der Waals surface area contributed by atoms with Gasteiger partial charge in [-0.2, -0.15) is 5.26 Å². The van der Waals surface area contributed by atoms with Crippen molar-refractivity contribution in [1.29, 1.82) is 5.26 Å². The fraction of sp³-hybridized carbons (Fsp3) is 0.189. The van der Waals surface area contributed by atoms with Gasteiger partial charge in [-0.25, -0.2) is 4.98 Å². The smallest absolute Gasteiger partial charge is 0.255 e. The summed E-state index contributed by atoms with van der Waals surface area (Å²) in [5.74, 6) is 0.738. The van der Waals surface area contributed by atoms with Crippen LogP contribution in [0.25, 0.3) is 0 Å². The fourth-order valence-corrected chi connectivity index (χ4v) is 6.13. The van der Waals surface area contributed by atoms with Gasteiger partial charge in [0.05, 0.1) is 18.7 Å². The molecule has 45 heavy (non-hydrogen) atoms. The molecule has 0 saturated carbocycles. The van der Waals surface area contributed by atoms with Gasteiger partial charge in [0.25, 0.3) is 5.91 Å². The maximum atomic E-state index is 14.1. The predicted molar refractivity (Wildman–Crippen MR) is 170 cm³/mol. The van der Waals surface area contributed by atoms with Crippen LogP contribution < -0.4 is 20.1 Å². The van der Waals surface area contributed by atoms with Gasteiger partial charge >= 0.3 is 0 Å². The SMILES string of the molecule is COc1ccc([C@@H]2C(C(=O)Nc3ccccn3)=C(C)NC3=C2C(=O)C[C@@H](c2ccccc2)C3)cc1COc1ccc(C#N)cc1. The number of hydrogen-bond acceptors (Lipinski definition) is 7. The number of benzene rings is 3. The molecule has 224 valence electrons. The topological polar surface area (TPSA) is 113 Å². The van der Waals surface area contributed by atoms with E-state index in [1.54, 1.807) is 55.8 Å². The van der Waals surface area contributed by atoms with Crippen molar-refractivity contribution in [1.82, 2.24) is 10.3 Å². The first-order valence-corrected chi connectivity index (χ1v) is 14.8. The number of amides is 1. The molecule has 0 unspecified atom stereocenters. The van der Waals surface area contributed by atoms with Gasteiger partial charge in [0.2, 0.25) is 0 Å². The lowest BCUT2D eigenvalue weighted by molar-refractivity contribution is -0.116. The van der Waals surface area contributed by atoms with Crippen LogP contribution in [0.1, 0.15) is 53.9 Å². The number of carbonyl (C=O) groups is 2. The van der Waals surface area contributed by atoms with Crippen molar-refractivity contribution in [2.45, 2.75) is 38.2 Å². The van der Waals surface area contributed by atoms with Crippen LogP contribution in [-0.4, -0.2) is 23.8 Å². The number of pyridine rings is 1. The van der Waals surface area contributed by atoms with Crippen LogP contribution in [0, 0.1) is 11.3 Å². The number of dihydropyridines is 1. The molecule has 1 aliphatic carbocycles. The molecule has 3 aromatic carbocycles. The Bertz CT molecular complexity index is 1840. The molecular weight excluding hydrogens is 564 g/mol. The number of ketones is 1. The normalized spacial score (nSPS) is 17.6. The number of nitriles is 1. The summed E-state index contributed by atoms with van der Waals surface area (Å²) >= 11 is 0. The first kappa shape index (κ1) is 29.4. The number of methoxy groups -OCH3 is 1. The van der Waals surface area contributed by atoms with E-state index in [0.29, 0.717) is 52.6 Å². The van der Waals surface area contributed by atoms with Crippen LogP contribution in [-0.2, 0) is 16.2 Å². The number of allylic oxidation sites excluding steroid dienone is 3. The Kier molecular flexibility index (Phi) is 8.43. The van der Waals surface area contributed by atoms with Crippen molar-refractivity contribution in [3.8, 4) is 17.6 Å². The van der Waals surface area contributed by atoms with E-state index in [-0.39, 0.29) is 24.2 Å². The van der Waals surface area contributed by atoms with E-state index in [4.69, 9.17) is 14.7 Å². The first-order chi connectivity index (χ1) is 21.9.